The van der Waals surface area contributed by atoms with Gasteiger partial charge in [-0.15, -0.1) is 0 Å². The fourth-order valence-electron chi connectivity index (χ4n) is 2.14. The summed E-state index contributed by atoms with van der Waals surface area (Å²) in [5, 5.41) is 3.96. The number of benzene rings is 2. The van der Waals surface area contributed by atoms with Crippen molar-refractivity contribution in [3.63, 3.8) is 0 Å². The molecular formula is C13H9Si. The van der Waals surface area contributed by atoms with E-state index in [1.807, 2.05) is 0 Å². The molecule has 2 aromatic rings. The first-order chi connectivity index (χ1) is 6.86. The molecular weight excluding hydrogens is 184 g/mol. The SMILES string of the molecule is [Si]C1=CCc2cccc3cccc1c23. The molecule has 3 rings (SSSR count). The molecule has 0 spiro atoms. The normalized spacial score (nSPS) is 14.2. The molecule has 0 nitrogen and oxygen atoms in total. The van der Waals surface area contributed by atoms with Crippen molar-refractivity contribution in [2.45, 2.75) is 6.42 Å². The quantitative estimate of drug-likeness (QED) is 0.564. The van der Waals surface area contributed by atoms with E-state index in [9.17, 15) is 0 Å². The van der Waals surface area contributed by atoms with Gasteiger partial charge in [0.2, 0.25) is 0 Å². The minimum Gasteiger partial charge on any atom is -0.0811 e. The summed E-state index contributed by atoms with van der Waals surface area (Å²) in [6.45, 7) is 0. The van der Waals surface area contributed by atoms with Gasteiger partial charge in [0, 0.05) is 0 Å². The Bertz CT molecular complexity index is 533. The Morgan fingerprint density at radius 2 is 1.79 bits per heavy atom. The number of rotatable bonds is 0. The fourth-order valence-corrected chi connectivity index (χ4v) is 2.45. The monoisotopic (exact) mass is 193 g/mol. The van der Waals surface area contributed by atoms with Gasteiger partial charge in [0.1, 0.15) is 0 Å². The zero-order chi connectivity index (χ0) is 9.54. The van der Waals surface area contributed by atoms with Crippen LogP contribution >= 0.6 is 0 Å². The summed E-state index contributed by atoms with van der Waals surface area (Å²) < 4.78 is 0. The Balaban J connectivity index is 2.52. The Morgan fingerprint density at radius 3 is 2.64 bits per heavy atom. The first kappa shape index (κ1) is 8.01. The molecule has 1 heteroatoms. The van der Waals surface area contributed by atoms with Crippen molar-refractivity contribution in [2.75, 3.05) is 0 Å². The Labute approximate surface area is 86.7 Å². The third-order valence-electron chi connectivity index (χ3n) is 2.81. The summed E-state index contributed by atoms with van der Waals surface area (Å²) in [6.07, 6.45) is 3.27. The summed E-state index contributed by atoms with van der Waals surface area (Å²) in [7, 11) is 3.66. The number of hydrogen-bond donors (Lipinski definition) is 0. The van der Waals surface area contributed by atoms with Gasteiger partial charge in [-0.05, 0) is 28.3 Å². The van der Waals surface area contributed by atoms with Crippen molar-refractivity contribution < 1.29 is 0 Å². The summed E-state index contributed by atoms with van der Waals surface area (Å²) in [5.74, 6) is 0. The Hall–Kier alpha value is -1.34. The van der Waals surface area contributed by atoms with Crippen LogP contribution in [-0.4, -0.2) is 10.2 Å². The van der Waals surface area contributed by atoms with E-state index in [1.54, 1.807) is 0 Å². The third kappa shape index (κ3) is 0.992. The van der Waals surface area contributed by atoms with Gasteiger partial charge in [-0.3, -0.25) is 0 Å². The highest BCUT2D eigenvalue weighted by atomic mass is 28.1. The van der Waals surface area contributed by atoms with Gasteiger partial charge in [0.25, 0.3) is 0 Å². The molecule has 0 saturated carbocycles. The molecule has 0 fully saturated rings. The van der Waals surface area contributed by atoms with Crippen LogP contribution in [0.25, 0.3) is 16.0 Å². The Kier molecular flexibility index (Phi) is 1.61. The summed E-state index contributed by atoms with van der Waals surface area (Å²) in [4.78, 5) is 0. The van der Waals surface area contributed by atoms with Gasteiger partial charge in [-0.2, -0.15) is 0 Å². The number of allylic oxidation sites excluding steroid dienone is 1. The maximum atomic E-state index is 3.66. The van der Waals surface area contributed by atoms with Crippen LogP contribution in [0.4, 0.5) is 0 Å². The van der Waals surface area contributed by atoms with Crippen LogP contribution in [0.15, 0.2) is 42.5 Å². The molecule has 0 heterocycles. The molecule has 65 valence electrons. The molecule has 14 heavy (non-hydrogen) atoms. The van der Waals surface area contributed by atoms with Crippen LogP contribution < -0.4 is 0 Å². The van der Waals surface area contributed by atoms with Crippen molar-refractivity contribution >= 4 is 26.2 Å². The van der Waals surface area contributed by atoms with Crippen molar-refractivity contribution in [3.8, 4) is 0 Å². The predicted octanol–water partition coefficient (Wildman–Crippen LogP) is 2.91. The summed E-state index contributed by atoms with van der Waals surface area (Å²) >= 11 is 0. The molecule has 0 amide bonds. The average molecular weight is 193 g/mol. The molecule has 1 aliphatic carbocycles. The minimum absolute atomic E-state index is 1.03. The van der Waals surface area contributed by atoms with E-state index >= 15 is 0 Å². The predicted molar refractivity (Wildman–Crippen MR) is 61.4 cm³/mol. The second-order valence-electron chi connectivity index (χ2n) is 3.64. The molecule has 2 aromatic carbocycles. The second-order valence-corrected chi connectivity index (χ2v) is 4.18. The zero-order valence-electron chi connectivity index (χ0n) is 7.75. The van der Waals surface area contributed by atoms with Gasteiger partial charge in [-0.1, -0.05) is 47.7 Å². The second kappa shape index (κ2) is 2.82. The lowest BCUT2D eigenvalue weighted by molar-refractivity contribution is 1.29. The van der Waals surface area contributed by atoms with E-state index in [-0.39, 0.29) is 0 Å². The van der Waals surface area contributed by atoms with E-state index in [0.717, 1.165) is 6.42 Å². The van der Waals surface area contributed by atoms with Gasteiger partial charge >= 0.3 is 0 Å². The first-order valence-electron chi connectivity index (χ1n) is 4.79. The molecule has 0 saturated heterocycles. The molecule has 0 aromatic heterocycles. The van der Waals surface area contributed by atoms with E-state index in [4.69, 9.17) is 0 Å². The van der Waals surface area contributed by atoms with Crippen molar-refractivity contribution in [2.24, 2.45) is 0 Å². The van der Waals surface area contributed by atoms with Crippen LogP contribution in [0.1, 0.15) is 11.1 Å². The van der Waals surface area contributed by atoms with Crippen molar-refractivity contribution in [3.05, 3.63) is 53.6 Å². The largest absolute Gasteiger partial charge is 0.0811 e. The standard InChI is InChI=1S/C13H9Si/c14-12-8-7-10-4-1-3-9-5-2-6-11(12)13(9)10/h1-6,8H,7H2. The molecule has 0 atom stereocenters. The smallest absolute Gasteiger partial charge is 0.0716 e. The third-order valence-corrected chi connectivity index (χ3v) is 3.28. The van der Waals surface area contributed by atoms with E-state index < -0.39 is 0 Å². The van der Waals surface area contributed by atoms with Crippen LogP contribution in [0.2, 0.25) is 0 Å². The molecule has 0 aliphatic heterocycles. The molecule has 0 unspecified atom stereocenters. The number of hydrogen-bond acceptors (Lipinski definition) is 0. The molecule has 0 bridgehead atoms. The lowest BCUT2D eigenvalue weighted by Crippen LogP contribution is -1.97. The average Bonchev–Trinajstić information content (AvgIpc) is 2.24. The highest BCUT2D eigenvalue weighted by Crippen LogP contribution is 2.31. The molecule has 1 aliphatic rings. The van der Waals surface area contributed by atoms with E-state index in [0.29, 0.717) is 0 Å². The summed E-state index contributed by atoms with van der Waals surface area (Å²) in [6, 6.07) is 13.0. The maximum absolute atomic E-state index is 3.66. The van der Waals surface area contributed by atoms with Gasteiger partial charge in [0.05, 0.1) is 10.2 Å². The minimum atomic E-state index is 1.03. The van der Waals surface area contributed by atoms with Crippen LogP contribution in [0.3, 0.4) is 0 Å². The Morgan fingerprint density at radius 1 is 1.00 bits per heavy atom. The van der Waals surface area contributed by atoms with E-state index in [2.05, 4.69) is 52.7 Å². The van der Waals surface area contributed by atoms with E-state index in [1.165, 1.54) is 27.1 Å². The first-order valence-corrected chi connectivity index (χ1v) is 5.29. The highest BCUT2D eigenvalue weighted by molar-refractivity contribution is 6.44. The van der Waals surface area contributed by atoms with Crippen molar-refractivity contribution in [1.82, 2.24) is 0 Å². The fraction of sp³-hybridized carbons (Fsp3) is 0.0769. The lowest BCUT2D eigenvalue weighted by atomic mass is 9.93. The van der Waals surface area contributed by atoms with Crippen LogP contribution in [0.5, 0.6) is 0 Å². The van der Waals surface area contributed by atoms with Gasteiger partial charge in [-0.25, -0.2) is 0 Å². The van der Waals surface area contributed by atoms with Crippen molar-refractivity contribution in [1.29, 1.82) is 0 Å². The highest BCUT2D eigenvalue weighted by Gasteiger charge is 2.10. The summed E-state index contributed by atoms with van der Waals surface area (Å²) in [5.41, 5.74) is 2.75. The molecule has 0 N–H and O–H groups in total. The molecule has 3 radical (unpaired) electrons. The zero-order valence-corrected chi connectivity index (χ0v) is 8.75. The van der Waals surface area contributed by atoms with Gasteiger partial charge in [0.15, 0.2) is 0 Å². The maximum Gasteiger partial charge on any atom is 0.0716 e. The van der Waals surface area contributed by atoms with Crippen LogP contribution in [-0.2, 0) is 6.42 Å². The van der Waals surface area contributed by atoms with Crippen LogP contribution in [0, 0.1) is 0 Å². The lowest BCUT2D eigenvalue weighted by Gasteiger charge is -2.15. The topological polar surface area (TPSA) is 0 Å². The van der Waals surface area contributed by atoms with Gasteiger partial charge < -0.3 is 0 Å².